The van der Waals surface area contributed by atoms with Crippen LogP contribution in [0.4, 0.5) is 8.78 Å². The molecule has 0 aliphatic heterocycles. The van der Waals surface area contributed by atoms with Crippen LogP contribution in [0.5, 0.6) is 11.5 Å². The number of ether oxygens (including phenoxy) is 1. The van der Waals surface area contributed by atoms with Crippen molar-refractivity contribution in [1.82, 2.24) is 5.32 Å². The zero-order valence-corrected chi connectivity index (χ0v) is 10.8. The normalized spacial score (nSPS) is 10.5. The lowest BCUT2D eigenvalue weighted by atomic mass is 10.2. The Labute approximate surface area is 111 Å². The fourth-order valence-electron chi connectivity index (χ4n) is 1.76. The molecule has 0 spiro atoms. The van der Waals surface area contributed by atoms with E-state index in [-0.39, 0.29) is 11.5 Å². The van der Waals surface area contributed by atoms with Crippen LogP contribution in [-0.2, 0) is 6.54 Å². The summed E-state index contributed by atoms with van der Waals surface area (Å²) in [5, 5.41) is 2.93. The maximum atomic E-state index is 13.8. The lowest BCUT2D eigenvalue weighted by Gasteiger charge is -2.10. The smallest absolute Gasteiger partial charge is 0.168 e. The average Bonchev–Trinajstić information content (AvgIpc) is 2.38. The molecule has 0 aliphatic carbocycles. The second-order valence-electron chi connectivity index (χ2n) is 4.28. The van der Waals surface area contributed by atoms with Crippen LogP contribution in [-0.4, -0.2) is 7.05 Å². The molecule has 0 unspecified atom stereocenters. The van der Waals surface area contributed by atoms with Crippen LogP contribution >= 0.6 is 0 Å². The van der Waals surface area contributed by atoms with Crippen molar-refractivity contribution >= 4 is 0 Å². The Hall–Kier alpha value is -1.94. The second kappa shape index (κ2) is 5.80. The highest BCUT2D eigenvalue weighted by molar-refractivity contribution is 5.37. The van der Waals surface area contributed by atoms with Crippen LogP contribution in [0.1, 0.15) is 11.1 Å². The van der Waals surface area contributed by atoms with Crippen molar-refractivity contribution < 1.29 is 13.5 Å². The van der Waals surface area contributed by atoms with Gasteiger partial charge in [0.2, 0.25) is 0 Å². The van der Waals surface area contributed by atoms with Crippen molar-refractivity contribution in [3.8, 4) is 11.5 Å². The number of halogens is 2. The molecule has 0 aliphatic rings. The molecule has 0 aromatic heterocycles. The third-order valence-corrected chi connectivity index (χ3v) is 2.75. The van der Waals surface area contributed by atoms with E-state index in [1.807, 2.05) is 0 Å². The summed E-state index contributed by atoms with van der Waals surface area (Å²) in [6.07, 6.45) is 0. The van der Waals surface area contributed by atoms with Crippen LogP contribution in [0, 0.1) is 18.6 Å². The Morgan fingerprint density at radius 3 is 2.58 bits per heavy atom. The molecule has 2 rings (SSSR count). The van der Waals surface area contributed by atoms with E-state index in [2.05, 4.69) is 5.32 Å². The first kappa shape index (κ1) is 13.5. The third-order valence-electron chi connectivity index (χ3n) is 2.75. The molecule has 0 atom stereocenters. The Morgan fingerprint density at radius 2 is 1.89 bits per heavy atom. The van der Waals surface area contributed by atoms with Crippen LogP contribution < -0.4 is 10.1 Å². The predicted molar refractivity (Wildman–Crippen MR) is 70.4 cm³/mol. The molecular formula is C15H15F2NO. The molecule has 0 heterocycles. The van der Waals surface area contributed by atoms with E-state index in [9.17, 15) is 8.78 Å². The molecule has 1 N–H and O–H groups in total. The molecule has 0 saturated heterocycles. The molecule has 0 radical (unpaired) electrons. The number of aryl methyl sites for hydroxylation is 1. The Balaban J connectivity index is 2.26. The fraction of sp³-hybridized carbons (Fsp3) is 0.200. The quantitative estimate of drug-likeness (QED) is 0.906. The monoisotopic (exact) mass is 263 g/mol. The molecule has 2 nitrogen and oxygen atoms in total. The second-order valence-corrected chi connectivity index (χ2v) is 4.28. The van der Waals surface area contributed by atoms with Crippen molar-refractivity contribution in [3.05, 3.63) is 59.2 Å². The van der Waals surface area contributed by atoms with Crippen LogP contribution in [0.25, 0.3) is 0 Å². The Morgan fingerprint density at radius 1 is 1.11 bits per heavy atom. The van der Waals surface area contributed by atoms with E-state index >= 15 is 0 Å². The summed E-state index contributed by atoms with van der Waals surface area (Å²) in [4.78, 5) is 0. The zero-order valence-electron chi connectivity index (χ0n) is 10.8. The van der Waals surface area contributed by atoms with E-state index in [1.54, 1.807) is 32.2 Å². The molecule has 0 saturated carbocycles. The van der Waals surface area contributed by atoms with Gasteiger partial charge in [0.05, 0.1) is 0 Å². The molecule has 4 heteroatoms. The standard InChI is InChI=1S/C15H15F2NO/c1-10-4-3-5-14(15(10)17)19-13-7-6-11(9-18-2)8-12(13)16/h3-8,18H,9H2,1-2H3. The van der Waals surface area contributed by atoms with Crippen molar-refractivity contribution in [2.75, 3.05) is 7.05 Å². The van der Waals surface area contributed by atoms with Crippen LogP contribution in [0.15, 0.2) is 36.4 Å². The van der Waals surface area contributed by atoms with E-state index in [4.69, 9.17) is 4.74 Å². The van der Waals surface area contributed by atoms with Gasteiger partial charge in [-0.15, -0.1) is 0 Å². The molecular weight excluding hydrogens is 248 g/mol. The molecule has 2 aromatic rings. The molecule has 0 bridgehead atoms. The van der Waals surface area contributed by atoms with Gasteiger partial charge in [-0.25, -0.2) is 8.78 Å². The first-order valence-corrected chi connectivity index (χ1v) is 5.98. The molecule has 0 fully saturated rings. The van der Waals surface area contributed by atoms with Gasteiger partial charge in [0.15, 0.2) is 23.1 Å². The maximum absolute atomic E-state index is 13.8. The van der Waals surface area contributed by atoms with Gasteiger partial charge < -0.3 is 10.1 Å². The summed E-state index contributed by atoms with van der Waals surface area (Å²) in [6.45, 7) is 2.20. The highest BCUT2D eigenvalue weighted by Gasteiger charge is 2.10. The molecule has 19 heavy (non-hydrogen) atoms. The minimum Gasteiger partial charge on any atom is -0.451 e. The number of nitrogens with one attached hydrogen (secondary N) is 1. The van der Waals surface area contributed by atoms with Gasteiger partial charge in [0.1, 0.15) is 0 Å². The minimum absolute atomic E-state index is 0.0179. The lowest BCUT2D eigenvalue weighted by molar-refractivity contribution is 0.412. The minimum atomic E-state index is -0.506. The zero-order chi connectivity index (χ0) is 13.8. The largest absolute Gasteiger partial charge is 0.451 e. The fourth-order valence-corrected chi connectivity index (χ4v) is 1.76. The topological polar surface area (TPSA) is 21.3 Å². The highest BCUT2D eigenvalue weighted by atomic mass is 19.1. The number of hydrogen-bond acceptors (Lipinski definition) is 2. The van der Waals surface area contributed by atoms with E-state index < -0.39 is 11.6 Å². The summed E-state index contributed by atoms with van der Waals surface area (Å²) in [5.74, 6) is -0.931. The van der Waals surface area contributed by atoms with Crippen molar-refractivity contribution in [2.45, 2.75) is 13.5 Å². The van der Waals surface area contributed by atoms with E-state index in [0.717, 1.165) is 5.56 Å². The van der Waals surface area contributed by atoms with Crippen molar-refractivity contribution in [2.24, 2.45) is 0 Å². The number of rotatable bonds is 4. The molecule has 2 aromatic carbocycles. The van der Waals surface area contributed by atoms with Crippen LogP contribution in [0.3, 0.4) is 0 Å². The van der Waals surface area contributed by atoms with Gasteiger partial charge in [-0.3, -0.25) is 0 Å². The van der Waals surface area contributed by atoms with Gasteiger partial charge in [-0.2, -0.15) is 0 Å². The summed E-state index contributed by atoms with van der Waals surface area (Å²) in [5.41, 5.74) is 1.27. The van der Waals surface area contributed by atoms with Gasteiger partial charge >= 0.3 is 0 Å². The van der Waals surface area contributed by atoms with Gasteiger partial charge in [0, 0.05) is 6.54 Å². The number of benzene rings is 2. The molecule has 0 amide bonds. The lowest BCUT2D eigenvalue weighted by Crippen LogP contribution is -2.05. The van der Waals surface area contributed by atoms with E-state index in [0.29, 0.717) is 12.1 Å². The Kier molecular flexibility index (Phi) is 4.12. The average molecular weight is 263 g/mol. The summed E-state index contributed by atoms with van der Waals surface area (Å²) < 4.78 is 32.9. The molecule has 100 valence electrons. The Bertz CT molecular complexity index is 584. The highest BCUT2D eigenvalue weighted by Crippen LogP contribution is 2.28. The van der Waals surface area contributed by atoms with Gasteiger partial charge in [0.25, 0.3) is 0 Å². The van der Waals surface area contributed by atoms with Gasteiger partial charge in [-0.1, -0.05) is 18.2 Å². The maximum Gasteiger partial charge on any atom is 0.168 e. The summed E-state index contributed by atoms with van der Waals surface area (Å²) in [7, 11) is 1.78. The SMILES string of the molecule is CNCc1ccc(Oc2cccc(C)c2F)c(F)c1. The first-order chi connectivity index (χ1) is 9.11. The van der Waals surface area contributed by atoms with Gasteiger partial charge in [-0.05, 0) is 43.3 Å². The summed E-state index contributed by atoms with van der Waals surface area (Å²) in [6, 6.07) is 9.39. The first-order valence-electron chi connectivity index (χ1n) is 5.98. The summed E-state index contributed by atoms with van der Waals surface area (Å²) >= 11 is 0. The van der Waals surface area contributed by atoms with Crippen molar-refractivity contribution in [3.63, 3.8) is 0 Å². The van der Waals surface area contributed by atoms with E-state index in [1.165, 1.54) is 18.2 Å². The van der Waals surface area contributed by atoms with Crippen LogP contribution in [0.2, 0.25) is 0 Å². The number of hydrogen-bond donors (Lipinski definition) is 1. The third kappa shape index (κ3) is 3.09. The predicted octanol–water partition coefficient (Wildman–Crippen LogP) is 3.78. The van der Waals surface area contributed by atoms with Crippen molar-refractivity contribution in [1.29, 1.82) is 0 Å².